The topological polar surface area (TPSA) is 114 Å². The van der Waals surface area contributed by atoms with Crippen molar-refractivity contribution in [1.29, 1.82) is 0 Å². The number of benzene rings is 3. The molecule has 0 aliphatic carbocycles. The van der Waals surface area contributed by atoms with E-state index in [1.165, 1.54) is 37.4 Å². The number of hydrogen-bond donors (Lipinski definition) is 3. The molecule has 0 spiro atoms. The minimum atomic E-state index is -3.99. The van der Waals surface area contributed by atoms with Crippen molar-refractivity contribution in [2.45, 2.75) is 11.3 Å². The third kappa shape index (κ3) is 5.77. The molecule has 3 aromatic rings. The molecule has 0 bridgehead atoms. The Hall–Kier alpha value is -3.56. The van der Waals surface area contributed by atoms with Gasteiger partial charge in [0.1, 0.15) is 5.75 Å². The van der Waals surface area contributed by atoms with Gasteiger partial charge in [-0.05, 0) is 36.4 Å². The van der Waals surface area contributed by atoms with E-state index < -0.39 is 21.8 Å². The first kappa shape index (κ1) is 23.1. The van der Waals surface area contributed by atoms with Gasteiger partial charge < -0.3 is 4.74 Å². The van der Waals surface area contributed by atoms with Crippen LogP contribution in [0.4, 0.5) is 5.69 Å². The Bertz CT molecular complexity index is 1250. The summed E-state index contributed by atoms with van der Waals surface area (Å²) in [6.45, 7) is 0. The van der Waals surface area contributed by atoms with Gasteiger partial charge in [-0.2, -0.15) is 0 Å². The molecule has 10 heteroatoms. The molecule has 0 radical (unpaired) electrons. The molecule has 166 valence electrons. The molecule has 3 N–H and O–H groups in total. The van der Waals surface area contributed by atoms with Crippen LogP contribution in [0.25, 0.3) is 0 Å². The number of hydrazine groups is 1. The summed E-state index contributed by atoms with van der Waals surface area (Å²) >= 11 is 6.01. The molecule has 0 saturated heterocycles. The fourth-order valence-electron chi connectivity index (χ4n) is 2.82. The lowest BCUT2D eigenvalue weighted by molar-refractivity contribution is -0.121. The van der Waals surface area contributed by atoms with Crippen LogP contribution in [-0.4, -0.2) is 27.3 Å². The zero-order chi connectivity index (χ0) is 23.1. The first-order valence-electron chi connectivity index (χ1n) is 9.38. The van der Waals surface area contributed by atoms with Crippen molar-refractivity contribution in [3.63, 3.8) is 0 Å². The second-order valence-corrected chi connectivity index (χ2v) is 8.69. The van der Waals surface area contributed by atoms with Crippen LogP contribution in [0.2, 0.25) is 5.02 Å². The van der Waals surface area contributed by atoms with E-state index in [1.54, 1.807) is 42.5 Å². The van der Waals surface area contributed by atoms with Gasteiger partial charge in [0, 0.05) is 11.1 Å². The van der Waals surface area contributed by atoms with Gasteiger partial charge in [-0.1, -0.05) is 48.0 Å². The van der Waals surface area contributed by atoms with Crippen LogP contribution in [0.3, 0.4) is 0 Å². The summed E-state index contributed by atoms with van der Waals surface area (Å²) in [5, 5.41) is 0.239. The van der Waals surface area contributed by atoms with Gasteiger partial charge in [0.15, 0.2) is 0 Å². The molecule has 0 aromatic heterocycles. The average Bonchev–Trinajstić information content (AvgIpc) is 2.79. The molecule has 3 rings (SSSR count). The van der Waals surface area contributed by atoms with Gasteiger partial charge in [-0.25, -0.2) is 8.42 Å². The number of methoxy groups -OCH3 is 1. The Balaban J connectivity index is 1.66. The normalized spacial score (nSPS) is 10.8. The van der Waals surface area contributed by atoms with Gasteiger partial charge in [0.05, 0.1) is 29.1 Å². The summed E-state index contributed by atoms with van der Waals surface area (Å²) in [4.78, 5) is 24.5. The molecular formula is C22H20ClN3O5S. The molecule has 8 nitrogen and oxygen atoms in total. The minimum Gasteiger partial charge on any atom is -0.496 e. The lowest BCUT2D eigenvalue weighted by atomic mass is 10.1. The summed E-state index contributed by atoms with van der Waals surface area (Å²) in [6.07, 6.45) is -0.0134. The molecule has 0 unspecified atom stereocenters. The second-order valence-electron chi connectivity index (χ2n) is 6.60. The van der Waals surface area contributed by atoms with E-state index in [0.29, 0.717) is 11.3 Å². The average molecular weight is 474 g/mol. The quantitative estimate of drug-likeness (QED) is 0.456. The molecule has 0 saturated carbocycles. The number of rotatable bonds is 7. The highest BCUT2D eigenvalue weighted by molar-refractivity contribution is 7.92. The van der Waals surface area contributed by atoms with Crippen molar-refractivity contribution in [2.75, 3.05) is 11.8 Å². The van der Waals surface area contributed by atoms with Crippen LogP contribution in [0.5, 0.6) is 5.75 Å². The van der Waals surface area contributed by atoms with Crippen LogP contribution in [0.15, 0.2) is 77.7 Å². The summed E-state index contributed by atoms with van der Waals surface area (Å²) in [7, 11) is -2.49. The largest absolute Gasteiger partial charge is 0.496 e. The first-order valence-corrected chi connectivity index (χ1v) is 11.2. The van der Waals surface area contributed by atoms with E-state index >= 15 is 0 Å². The Morgan fingerprint density at radius 1 is 0.938 bits per heavy atom. The maximum Gasteiger partial charge on any atom is 0.269 e. The Kier molecular flexibility index (Phi) is 7.34. The third-order valence-corrected chi connectivity index (χ3v) is 6.08. The number of nitrogens with one attached hydrogen (secondary N) is 3. The Labute approximate surface area is 190 Å². The van der Waals surface area contributed by atoms with E-state index in [0.717, 1.165) is 0 Å². The second kappa shape index (κ2) is 10.2. The van der Waals surface area contributed by atoms with Gasteiger partial charge in [0.25, 0.3) is 15.9 Å². The maximum atomic E-state index is 12.7. The summed E-state index contributed by atoms with van der Waals surface area (Å²) < 4.78 is 32.9. The predicted octanol–water partition coefficient (Wildman–Crippen LogP) is 3.15. The van der Waals surface area contributed by atoms with E-state index in [9.17, 15) is 18.0 Å². The van der Waals surface area contributed by atoms with Crippen LogP contribution in [0.1, 0.15) is 15.9 Å². The number of amides is 2. The summed E-state index contributed by atoms with van der Waals surface area (Å²) in [5.74, 6) is -0.585. The highest BCUT2D eigenvalue weighted by Crippen LogP contribution is 2.24. The number of hydrogen-bond acceptors (Lipinski definition) is 5. The monoisotopic (exact) mass is 473 g/mol. The Morgan fingerprint density at radius 3 is 2.41 bits per heavy atom. The highest BCUT2D eigenvalue weighted by Gasteiger charge is 2.18. The number of para-hydroxylation sites is 2. The lowest BCUT2D eigenvalue weighted by Gasteiger charge is -2.12. The fourth-order valence-corrected chi connectivity index (χ4v) is 4.18. The number of anilines is 1. The van der Waals surface area contributed by atoms with Crippen molar-refractivity contribution < 1.29 is 22.7 Å². The zero-order valence-electron chi connectivity index (χ0n) is 17.0. The van der Waals surface area contributed by atoms with E-state index in [1.807, 2.05) is 0 Å². The van der Waals surface area contributed by atoms with E-state index in [4.69, 9.17) is 16.3 Å². The highest BCUT2D eigenvalue weighted by atomic mass is 35.5. The number of sulfonamides is 1. The number of carbonyl (C=O) groups is 2. The first-order chi connectivity index (χ1) is 15.3. The minimum absolute atomic E-state index is 0.0134. The van der Waals surface area contributed by atoms with Crippen LogP contribution in [0, 0.1) is 0 Å². The summed E-state index contributed by atoms with van der Waals surface area (Å²) in [6, 6.07) is 18.8. The zero-order valence-corrected chi connectivity index (χ0v) is 18.5. The maximum absolute atomic E-state index is 12.7. The molecule has 2 amide bonds. The SMILES string of the molecule is COc1ccccc1CC(=O)NNC(=O)c1cccc(S(=O)(=O)Nc2ccccc2Cl)c1. The predicted molar refractivity (Wildman–Crippen MR) is 121 cm³/mol. The molecule has 0 aliphatic heterocycles. The fraction of sp³-hybridized carbons (Fsp3) is 0.0909. The van der Waals surface area contributed by atoms with E-state index in [2.05, 4.69) is 15.6 Å². The van der Waals surface area contributed by atoms with Gasteiger partial charge in [-0.3, -0.25) is 25.2 Å². The standard InChI is InChI=1S/C22H20ClN3O5S/c1-31-20-12-5-2-7-15(20)14-21(27)24-25-22(28)16-8-6-9-17(13-16)32(29,30)26-19-11-4-3-10-18(19)23/h2-13,26H,14H2,1H3,(H,24,27)(H,25,28). The molecule has 0 fully saturated rings. The molecular weight excluding hydrogens is 454 g/mol. The van der Waals surface area contributed by atoms with Crippen molar-refractivity contribution in [2.24, 2.45) is 0 Å². The van der Waals surface area contributed by atoms with Crippen molar-refractivity contribution in [1.82, 2.24) is 10.9 Å². The number of ether oxygens (including phenoxy) is 1. The van der Waals surface area contributed by atoms with Crippen molar-refractivity contribution in [3.8, 4) is 5.75 Å². The number of halogens is 1. The molecule has 0 atom stereocenters. The Morgan fingerprint density at radius 2 is 1.66 bits per heavy atom. The summed E-state index contributed by atoms with van der Waals surface area (Å²) in [5.41, 5.74) is 5.50. The van der Waals surface area contributed by atoms with Gasteiger partial charge in [-0.15, -0.1) is 0 Å². The lowest BCUT2D eigenvalue weighted by Crippen LogP contribution is -2.42. The van der Waals surface area contributed by atoms with Crippen LogP contribution in [-0.2, 0) is 21.2 Å². The number of carbonyl (C=O) groups excluding carboxylic acids is 2. The molecule has 32 heavy (non-hydrogen) atoms. The van der Waals surface area contributed by atoms with Crippen molar-refractivity contribution in [3.05, 3.63) is 88.9 Å². The van der Waals surface area contributed by atoms with Crippen molar-refractivity contribution >= 4 is 39.1 Å². The molecule has 0 heterocycles. The smallest absolute Gasteiger partial charge is 0.269 e. The van der Waals surface area contributed by atoms with E-state index in [-0.39, 0.29) is 27.6 Å². The van der Waals surface area contributed by atoms with Crippen LogP contribution >= 0.6 is 11.6 Å². The van der Waals surface area contributed by atoms with Gasteiger partial charge in [0.2, 0.25) is 5.91 Å². The van der Waals surface area contributed by atoms with Crippen LogP contribution < -0.4 is 20.3 Å². The van der Waals surface area contributed by atoms with Gasteiger partial charge >= 0.3 is 0 Å². The molecule has 0 aliphatic rings. The third-order valence-electron chi connectivity index (χ3n) is 4.38. The molecule has 3 aromatic carbocycles.